The predicted molar refractivity (Wildman–Crippen MR) is 106 cm³/mol. The van der Waals surface area contributed by atoms with E-state index in [1.165, 1.54) is 32.4 Å². The normalized spacial score (nSPS) is 11.6. The number of carbonyl (C=O) groups is 3. The van der Waals surface area contributed by atoms with Gasteiger partial charge in [-0.15, -0.1) is 0 Å². The first kappa shape index (κ1) is 21.6. The quantitative estimate of drug-likeness (QED) is 0.677. The van der Waals surface area contributed by atoms with Crippen molar-refractivity contribution < 1.29 is 23.9 Å². The minimum atomic E-state index is -0.623. The summed E-state index contributed by atoms with van der Waals surface area (Å²) < 4.78 is 12.1. The number of methoxy groups -OCH3 is 2. The summed E-state index contributed by atoms with van der Waals surface area (Å²) in [6.07, 6.45) is 0. The first-order chi connectivity index (χ1) is 13.2. The number of halogens is 1. The number of nitrogens with one attached hydrogen (secondary N) is 1. The maximum absolute atomic E-state index is 12.6. The Hall–Kier alpha value is -2.68. The minimum absolute atomic E-state index is 0.135. The molecule has 8 nitrogen and oxygen atoms in total. The van der Waals surface area contributed by atoms with Crippen LogP contribution in [0.15, 0.2) is 22.7 Å². The number of carbonyl (C=O) groups excluding carboxylic acids is 3. The van der Waals surface area contributed by atoms with Crippen molar-refractivity contribution in [3.05, 3.63) is 45.2 Å². The summed E-state index contributed by atoms with van der Waals surface area (Å²) in [4.78, 5) is 36.3. The minimum Gasteiger partial charge on any atom is -0.465 e. The Morgan fingerprint density at radius 1 is 1.11 bits per heavy atom. The van der Waals surface area contributed by atoms with Crippen molar-refractivity contribution in [3.8, 4) is 0 Å². The van der Waals surface area contributed by atoms with E-state index in [9.17, 15) is 14.4 Å². The van der Waals surface area contributed by atoms with Gasteiger partial charge >= 0.3 is 11.9 Å². The highest BCUT2D eigenvalue weighted by Gasteiger charge is 2.19. The van der Waals surface area contributed by atoms with E-state index >= 15 is 0 Å². The van der Waals surface area contributed by atoms with Crippen molar-refractivity contribution in [1.82, 2.24) is 9.78 Å². The Morgan fingerprint density at radius 2 is 1.64 bits per heavy atom. The van der Waals surface area contributed by atoms with Gasteiger partial charge in [-0.25, -0.2) is 9.59 Å². The molecule has 1 N–H and O–H groups in total. The zero-order valence-electron chi connectivity index (χ0n) is 16.3. The number of hydrogen-bond acceptors (Lipinski definition) is 6. The molecule has 1 aromatic carbocycles. The first-order valence-corrected chi connectivity index (χ1v) is 9.29. The number of nitrogens with zero attached hydrogens (tertiary/aromatic N) is 2. The highest BCUT2D eigenvalue weighted by molar-refractivity contribution is 9.10. The fourth-order valence-corrected chi connectivity index (χ4v) is 2.92. The maximum atomic E-state index is 12.6. The van der Waals surface area contributed by atoms with E-state index in [-0.39, 0.29) is 17.0 Å². The van der Waals surface area contributed by atoms with E-state index < -0.39 is 17.9 Å². The van der Waals surface area contributed by atoms with E-state index in [0.29, 0.717) is 12.2 Å². The summed E-state index contributed by atoms with van der Waals surface area (Å²) in [6, 6.07) is 4.25. The molecular formula is C19H22BrN3O5. The second-order valence-electron chi connectivity index (χ2n) is 6.34. The average Bonchev–Trinajstić information content (AvgIpc) is 2.92. The molecule has 0 fully saturated rings. The molecule has 0 bridgehead atoms. The first-order valence-electron chi connectivity index (χ1n) is 8.50. The third-order valence-corrected chi connectivity index (χ3v) is 5.38. The second-order valence-corrected chi connectivity index (χ2v) is 7.13. The summed E-state index contributed by atoms with van der Waals surface area (Å²) in [5, 5.41) is 7.14. The number of ether oxygens (including phenoxy) is 2. The molecule has 2 aromatic rings. The molecule has 2 rings (SSSR count). The largest absolute Gasteiger partial charge is 0.465 e. The third-order valence-electron chi connectivity index (χ3n) is 4.23. The lowest BCUT2D eigenvalue weighted by Crippen LogP contribution is -2.25. The highest BCUT2D eigenvalue weighted by atomic mass is 79.9. The number of aromatic nitrogens is 2. The smallest absolute Gasteiger partial charge is 0.337 e. The molecule has 1 amide bonds. The number of aryl methyl sites for hydroxylation is 1. The van der Waals surface area contributed by atoms with Crippen LogP contribution in [-0.4, -0.2) is 41.8 Å². The van der Waals surface area contributed by atoms with Crippen LogP contribution in [0.1, 0.15) is 39.0 Å². The maximum Gasteiger partial charge on any atom is 0.337 e. The molecule has 1 aromatic heterocycles. The number of benzene rings is 1. The van der Waals surface area contributed by atoms with E-state index in [1.807, 2.05) is 13.8 Å². The third kappa shape index (κ3) is 4.78. The van der Waals surface area contributed by atoms with Gasteiger partial charge in [0.1, 0.15) is 0 Å². The molecule has 0 aliphatic rings. The van der Waals surface area contributed by atoms with E-state index in [2.05, 4.69) is 26.3 Å². The van der Waals surface area contributed by atoms with Gasteiger partial charge in [-0.3, -0.25) is 9.48 Å². The lowest BCUT2D eigenvalue weighted by atomic mass is 10.1. The summed E-state index contributed by atoms with van der Waals surface area (Å²) in [7, 11) is 2.47. The Morgan fingerprint density at radius 3 is 2.07 bits per heavy atom. The second kappa shape index (κ2) is 9.01. The van der Waals surface area contributed by atoms with Crippen LogP contribution in [0, 0.1) is 19.8 Å². The van der Waals surface area contributed by atoms with Crippen molar-refractivity contribution in [1.29, 1.82) is 0 Å². The molecule has 0 saturated heterocycles. The SMILES string of the molecule is COC(=O)c1cc(NC(=O)C(C)Cn2nc(C)c(Br)c2C)cc(C(=O)OC)c1. The predicted octanol–water partition coefficient (Wildman–Crippen LogP) is 3.11. The molecule has 1 unspecified atom stereocenters. The van der Waals surface area contributed by atoms with Gasteiger partial charge < -0.3 is 14.8 Å². The molecule has 28 heavy (non-hydrogen) atoms. The molecule has 0 radical (unpaired) electrons. The van der Waals surface area contributed by atoms with Crippen molar-refractivity contribution in [2.24, 2.45) is 5.92 Å². The van der Waals surface area contributed by atoms with Crippen molar-refractivity contribution in [2.45, 2.75) is 27.3 Å². The van der Waals surface area contributed by atoms with Crippen LogP contribution in [0.5, 0.6) is 0 Å². The molecule has 0 aliphatic heterocycles. The lowest BCUT2D eigenvalue weighted by molar-refractivity contribution is -0.119. The Balaban J connectivity index is 2.22. The Bertz CT molecular complexity index is 888. The Labute approximate surface area is 171 Å². The summed E-state index contributed by atoms with van der Waals surface area (Å²) in [6.45, 7) is 5.94. The number of amides is 1. The molecule has 1 heterocycles. The van der Waals surface area contributed by atoms with Crippen LogP contribution >= 0.6 is 15.9 Å². The van der Waals surface area contributed by atoms with Crippen LogP contribution < -0.4 is 5.32 Å². The summed E-state index contributed by atoms with van der Waals surface area (Å²) >= 11 is 3.47. The van der Waals surface area contributed by atoms with Crippen molar-refractivity contribution >= 4 is 39.5 Å². The highest BCUT2D eigenvalue weighted by Crippen LogP contribution is 2.22. The molecule has 0 aliphatic carbocycles. The lowest BCUT2D eigenvalue weighted by Gasteiger charge is -2.15. The zero-order chi connectivity index (χ0) is 21.0. The fourth-order valence-electron chi connectivity index (χ4n) is 2.63. The van der Waals surface area contributed by atoms with Gasteiger partial charge in [0.05, 0.1) is 48.0 Å². The van der Waals surface area contributed by atoms with Gasteiger partial charge in [0.2, 0.25) is 5.91 Å². The van der Waals surface area contributed by atoms with Crippen LogP contribution in [0.4, 0.5) is 5.69 Å². The van der Waals surface area contributed by atoms with E-state index in [0.717, 1.165) is 15.9 Å². The average molecular weight is 452 g/mol. The van der Waals surface area contributed by atoms with Crippen LogP contribution in [-0.2, 0) is 20.8 Å². The van der Waals surface area contributed by atoms with Gasteiger partial charge in [-0.2, -0.15) is 5.10 Å². The van der Waals surface area contributed by atoms with Crippen molar-refractivity contribution in [2.75, 3.05) is 19.5 Å². The summed E-state index contributed by atoms with van der Waals surface area (Å²) in [5.41, 5.74) is 2.35. The Kier molecular flexibility index (Phi) is 6.95. The van der Waals surface area contributed by atoms with Gasteiger partial charge in [0.25, 0.3) is 0 Å². The van der Waals surface area contributed by atoms with E-state index in [1.54, 1.807) is 11.6 Å². The standard InChI is InChI=1S/C19H22BrN3O5/c1-10(9-23-12(3)16(20)11(2)22-23)17(24)21-15-7-13(18(25)27-4)6-14(8-15)19(26)28-5/h6-8,10H,9H2,1-5H3,(H,21,24). The molecule has 1 atom stereocenters. The molecule has 9 heteroatoms. The number of hydrogen-bond donors (Lipinski definition) is 1. The van der Waals surface area contributed by atoms with Gasteiger partial charge in [0, 0.05) is 11.4 Å². The van der Waals surface area contributed by atoms with Gasteiger partial charge in [0.15, 0.2) is 0 Å². The van der Waals surface area contributed by atoms with Crippen LogP contribution in [0.25, 0.3) is 0 Å². The van der Waals surface area contributed by atoms with Crippen LogP contribution in [0.3, 0.4) is 0 Å². The number of esters is 2. The molecule has 0 saturated carbocycles. The number of rotatable bonds is 6. The van der Waals surface area contributed by atoms with Crippen LogP contribution in [0.2, 0.25) is 0 Å². The zero-order valence-corrected chi connectivity index (χ0v) is 17.9. The van der Waals surface area contributed by atoms with E-state index in [4.69, 9.17) is 9.47 Å². The molecular weight excluding hydrogens is 430 g/mol. The van der Waals surface area contributed by atoms with Gasteiger partial charge in [-0.1, -0.05) is 6.92 Å². The number of anilines is 1. The van der Waals surface area contributed by atoms with Gasteiger partial charge in [-0.05, 0) is 48.0 Å². The molecule has 0 spiro atoms. The fraction of sp³-hybridized carbons (Fsp3) is 0.368. The summed E-state index contributed by atoms with van der Waals surface area (Å²) in [5.74, 6) is -1.93. The topological polar surface area (TPSA) is 99.5 Å². The van der Waals surface area contributed by atoms with Crippen molar-refractivity contribution in [3.63, 3.8) is 0 Å². The molecule has 150 valence electrons. The monoisotopic (exact) mass is 451 g/mol.